The standard InChI is InChI=1S/C20H15F3O3/c1-11(2)19(25)26-18(20(21,22)23)13-7-8-16-14(10-13)9-12-5-3-4-6-15(12)17(16)24/h3-10,18,24H,1H2,2H3. The molecule has 1 unspecified atom stereocenters. The van der Waals surface area contributed by atoms with Crippen LogP contribution < -0.4 is 0 Å². The molecule has 134 valence electrons. The molecule has 0 saturated heterocycles. The maximum absolute atomic E-state index is 13.4. The molecular weight excluding hydrogens is 345 g/mol. The molecule has 3 nitrogen and oxygen atoms in total. The molecule has 0 saturated carbocycles. The van der Waals surface area contributed by atoms with Gasteiger partial charge in [-0.25, -0.2) is 4.79 Å². The minimum Gasteiger partial charge on any atom is -0.507 e. The van der Waals surface area contributed by atoms with Crippen molar-refractivity contribution in [1.29, 1.82) is 0 Å². The number of esters is 1. The Bertz CT molecular complexity index is 1020. The summed E-state index contributed by atoms with van der Waals surface area (Å²) in [6, 6.07) is 12.5. The van der Waals surface area contributed by atoms with Crippen LogP contribution in [0, 0.1) is 0 Å². The fourth-order valence-electron chi connectivity index (χ4n) is 2.76. The molecular formula is C20H15F3O3. The first-order valence-corrected chi connectivity index (χ1v) is 7.76. The molecule has 3 aromatic carbocycles. The van der Waals surface area contributed by atoms with E-state index in [0.29, 0.717) is 21.5 Å². The predicted molar refractivity (Wildman–Crippen MR) is 92.8 cm³/mol. The number of carbonyl (C=O) groups excluding carboxylic acids is 1. The van der Waals surface area contributed by atoms with E-state index in [-0.39, 0.29) is 16.9 Å². The average molecular weight is 360 g/mol. The molecule has 1 N–H and O–H groups in total. The van der Waals surface area contributed by atoms with Crippen LogP contribution in [0.15, 0.2) is 60.7 Å². The summed E-state index contributed by atoms with van der Waals surface area (Å²) in [7, 11) is 0. The summed E-state index contributed by atoms with van der Waals surface area (Å²) >= 11 is 0. The van der Waals surface area contributed by atoms with E-state index in [1.807, 2.05) is 0 Å². The molecule has 0 aliphatic carbocycles. The van der Waals surface area contributed by atoms with Gasteiger partial charge in [0.2, 0.25) is 6.10 Å². The first kappa shape index (κ1) is 17.8. The Morgan fingerprint density at radius 2 is 1.73 bits per heavy atom. The van der Waals surface area contributed by atoms with E-state index in [0.717, 1.165) is 0 Å². The summed E-state index contributed by atoms with van der Waals surface area (Å²) in [6.45, 7) is 4.58. The number of phenolic OH excluding ortho intramolecular Hbond substituents is 1. The SMILES string of the molecule is C=C(C)C(=O)OC(c1ccc2c(O)c3ccccc3cc2c1)C(F)(F)F. The third-order valence-electron chi connectivity index (χ3n) is 4.03. The van der Waals surface area contributed by atoms with Crippen molar-refractivity contribution in [3.63, 3.8) is 0 Å². The van der Waals surface area contributed by atoms with Gasteiger partial charge in [0.15, 0.2) is 0 Å². The van der Waals surface area contributed by atoms with Crippen LogP contribution in [0.1, 0.15) is 18.6 Å². The van der Waals surface area contributed by atoms with E-state index in [2.05, 4.69) is 11.3 Å². The zero-order chi connectivity index (χ0) is 19.1. The maximum atomic E-state index is 13.4. The molecule has 6 heteroatoms. The van der Waals surface area contributed by atoms with Crippen LogP contribution in [-0.2, 0) is 9.53 Å². The van der Waals surface area contributed by atoms with E-state index in [1.165, 1.54) is 25.1 Å². The molecule has 0 bridgehead atoms. The van der Waals surface area contributed by atoms with E-state index < -0.39 is 18.2 Å². The topological polar surface area (TPSA) is 46.5 Å². The molecule has 3 aromatic rings. The number of hydrogen-bond acceptors (Lipinski definition) is 3. The van der Waals surface area contributed by atoms with Crippen LogP contribution >= 0.6 is 0 Å². The summed E-state index contributed by atoms with van der Waals surface area (Å²) in [6.07, 6.45) is -7.19. The van der Waals surface area contributed by atoms with Crippen molar-refractivity contribution in [3.8, 4) is 5.75 Å². The summed E-state index contributed by atoms with van der Waals surface area (Å²) in [5, 5.41) is 12.5. The lowest BCUT2D eigenvalue weighted by molar-refractivity contribution is -0.221. The maximum Gasteiger partial charge on any atom is 0.429 e. The molecule has 0 aromatic heterocycles. The fraction of sp³-hybridized carbons (Fsp3) is 0.150. The smallest absolute Gasteiger partial charge is 0.429 e. The van der Waals surface area contributed by atoms with Gasteiger partial charge < -0.3 is 9.84 Å². The van der Waals surface area contributed by atoms with Crippen molar-refractivity contribution in [2.45, 2.75) is 19.2 Å². The van der Waals surface area contributed by atoms with Gasteiger partial charge in [-0.3, -0.25) is 0 Å². The Labute approximate surface area is 147 Å². The second-order valence-electron chi connectivity index (χ2n) is 6.03. The second kappa shape index (κ2) is 6.37. The van der Waals surface area contributed by atoms with Crippen molar-refractivity contribution in [1.82, 2.24) is 0 Å². The van der Waals surface area contributed by atoms with Crippen molar-refractivity contribution in [3.05, 3.63) is 66.2 Å². The number of hydrogen-bond donors (Lipinski definition) is 1. The van der Waals surface area contributed by atoms with Crippen LogP contribution in [0.4, 0.5) is 13.2 Å². The largest absolute Gasteiger partial charge is 0.507 e. The number of phenols is 1. The Kier molecular flexibility index (Phi) is 4.36. The summed E-state index contributed by atoms with van der Waals surface area (Å²) in [4.78, 5) is 11.6. The van der Waals surface area contributed by atoms with Crippen molar-refractivity contribution in [2.75, 3.05) is 0 Å². The van der Waals surface area contributed by atoms with Gasteiger partial charge in [-0.15, -0.1) is 0 Å². The Morgan fingerprint density at radius 3 is 2.38 bits per heavy atom. The Balaban J connectivity index is 2.15. The lowest BCUT2D eigenvalue weighted by Crippen LogP contribution is -2.26. The highest BCUT2D eigenvalue weighted by Crippen LogP contribution is 2.40. The van der Waals surface area contributed by atoms with Crippen molar-refractivity contribution < 1.29 is 27.8 Å². The molecule has 1 atom stereocenters. The van der Waals surface area contributed by atoms with Gasteiger partial charge in [-0.05, 0) is 29.8 Å². The highest BCUT2D eigenvalue weighted by molar-refractivity contribution is 6.05. The third kappa shape index (κ3) is 3.22. The Morgan fingerprint density at radius 1 is 1.08 bits per heavy atom. The van der Waals surface area contributed by atoms with Gasteiger partial charge in [-0.2, -0.15) is 13.2 Å². The lowest BCUT2D eigenvalue weighted by atomic mass is 9.98. The van der Waals surface area contributed by atoms with Gasteiger partial charge in [-0.1, -0.05) is 43.0 Å². The summed E-state index contributed by atoms with van der Waals surface area (Å²) < 4.78 is 44.8. The first-order valence-electron chi connectivity index (χ1n) is 7.76. The van der Waals surface area contributed by atoms with E-state index in [1.54, 1.807) is 30.3 Å². The fourth-order valence-corrected chi connectivity index (χ4v) is 2.76. The minimum absolute atomic E-state index is 0.00728. The number of alkyl halides is 3. The predicted octanol–water partition coefficient (Wildman–Crippen LogP) is 5.42. The monoisotopic (exact) mass is 360 g/mol. The Hall–Kier alpha value is -3.02. The number of halogens is 3. The van der Waals surface area contributed by atoms with Crippen LogP contribution in [0.2, 0.25) is 0 Å². The number of carbonyl (C=O) groups is 1. The highest BCUT2D eigenvalue weighted by Gasteiger charge is 2.44. The average Bonchev–Trinajstić information content (AvgIpc) is 2.58. The van der Waals surface area contributed by atoms with Gasteiger partial charge in [0.25, 0.3) is 0 Å². The molecule has 0 aliphatic rings. The molecule has 26 heavy (non-hydrogen) atoms. The van der Waals surface area contributed by atoms with Gasteiger partial charge >= 0.3 is 12.1 Å². The van der Waals surface area contributed by atoms with Crippen LogP contribution in [0.25, 0.3) is 21.5 Å². The summed E-state index contributed by atoms with van der Waals surface area (Å²) in [5.74, 6) is -1.12. The number of aromatic hydroxyl groups is 1. The van der Waals surface area contributed by atoms with Crippen molar-refractivity contribution in [2.24, 2.45) is 0 Å². The highest BCUT2D eigenvalue weighted by atomic mass is 19.4. The van der Waals surface area contributed by atoms with Crippen LogP contribution in [-0.4, -0.2) is 17.3 Å². The second-order valence-corrected chi connectivity index (χ2v) is 6.03. The minimum atomic E-state index is -4.78. The molecule has 0 radical (unpaired) electrons. The first-order chi connectivity index (χ1) is 12.2. The van der Waals surface area contributed by atoms with E-state index in [9.17, 15) is 23.1 Å². The number of ether oxygens (including phenoxy) is 1. The van der Waals surface area contributed by atoms with Crippen LogP contribution in [0.5, 0.6) is 5.75 Å². The molecule has 0 spiro atoms. The zero-order valence-corrected chi connectivity index (χ0v) is 13.8. The number of rotatable bonds is 3. The van der Waals surface area contributed by atoms with Gasteiger partial charge in [0.1, 0.15) is 5.75 Å². The lowest BCUT2D eigenvalue weighted by Gasteiger charge is -2.21. The van der Waals surface area contributed by atoms with Gasteiger partial charge in [0, 0.05) is 21.9 Å². The zero-order valence-electron chi connectivity index (χ0n) is 13.8. The molecule has 0 fully saturated rings. The summed E-state index contributed by atoms with van der Waals surface area (Å²) in [5.41, 5.74) is -0.349. The molecule has 0 aliphatic heterocycles. The van der Waals surface area contributed by atoms with Crippen molar-refractivity contribution >= 4 is 27.5 Å². The third-order valence-corrected chi connectivity index (χ3v) is 4.03. The number of fused-ring (bicyclic) bond motifs is 2. The van der Waals surface area contributed by atoms with Gasteiger partial charge in [0.05, 0.1) is 0 Å². The van der Waals surface area contributed by atoms with Crippen LogP contribution in [0.3, 0.4) is 0 Å². The quantitative estimate of drug-likeness (QED) is 0.385. The van der Waals surface area contributed by atoms with E-state index in [4.69, 9.17) is 0 Å². The molecule has 0 heterocycles. The number of benzene rings is 3. The molecule has 3 rings (SSSR count). The molecule has 0 amide bonds. The normalized spacial score (nSPS) is 12.9. The van der Waals surface area contributed by atoms with E-state index >= 15 is 0 Å².